The van der Waals surface area contributed by atoms with Crippen molar-refractivity contribution in [2.24, 2.45) is 7.05 Å². The number of hydrogen-bond acceptors (Lipinski definition) is 3. The second-order valence-corrected chi connectivity index (χ2v) is 5.90. The van der Waals surface area contributed by atoms with E-state index < -0.39 is 0 Å². The van der Waals surface area contributed by atoms with Crippen LogP contribution >= 0.6 is 22.9 Å². The number of aromatic nitrogens is 2. The highest BCUT2D eigenvalue weighted by molar-refractivity contribution is 7.08. The minimum atomic E-state index is 0.302. The zero-order valence-corrected chi connectivity index (χ0v) is 13.4. The molecule has 0 aliphatic heterocycles. The lowest BCUT2D eigenvalue weighted by molar-refractivity contribution is 0.548. The highest BCUT2D eigenvalue weighted by atomic mass is 35.5. The molecule has 0 spiro atoms. The molecule has 0 aliphatic carbocycles. The quantitative estimate of drug-likeness (QED) is 0.913. The minimum Gasteiger partial charge on any atom is -0.310 e. The first-order valence-corrected chi connectivity index (χ1v) is 7.80. The second kappa shape index (κ2) is 6.07. The van der Waals surface area contributed by atoms with Crippen molar-refractivity contribution in [1.82, 2.24) is 15.1 Å². The van der Waals surface area contributed by atoms with Crippen LogP contribution in [0.25, 0.3) is 0 Å². The summed E-state index contributed by atoms with van der Waals surface area (Å²) >= 11 is 8.09. The second-order valence-electron chi connectivity index (χ2n) is 4.80. The number of rotatable bonds is 5. The topological polar surface area (TPSA) is 29.9 Å². The largest absolute Gasteiger partial charge is 0.310 e. The number of thiophene rings is 1. The fourth-order valence-corrected chi connectivity index (χ4v) is 3.53. The summed E-state index contributed by atoms with van der Waals surface area (Å²) in [5.41, 5.74) is 4.86. The van der Waals surface area contributed by atoms with Crippen LogP contribution in [0.3, 0.4) is 0 Å². The van der Waals surface area contributed by atoms with Gasteiger partial charge >= 0.3 is 0 Å². The Kier molecular flexibility index (Phi) is 4.66. The van der Waals surface area contributed by atoms with Crippen LogP contribution in [0.15, 0.2) is 10.8 Å². The fraction of sp³-hybridized carbons (Fsp3) is 0.500. The SMILES string of the molecule is CCNC(Cc1c(C)nn(C)c1Cl)c1cscc1C. The lowest BCUT2D eigenvalue weighted by atomic mass is 9.99. The summed E-state index contributed by atoms with van der Waals surface area (Å²) in [7, 11) is 1.89. The molecule has 5 heteroatoms. The molecule has 2 heterocycles. The molecule has 104 valence electrons. The predicted octanol–water partition coefficient (Wildman–Crippen LogP) is 3.65. The summed E-state index contributed by atoms with van der Waals surface area (Å²) < 4.78 is 1.75. The maximum Gasteiger partial charge on any atom is 0.130 e. The van der Waals surface area contributed by atoms with Crippen molar-refractivity contribution in [3.63, 3.8) is 0 Å². The summed E-state index contributed by atoms with van der Waals surface area (Å²) in [5, 5.41) is 13.1. The average molecular weight is 298 g/mol. The number of nitrogens with zero attached hydrogens (tertiary/aromatic N) is 2. The monoisotopic (exact) mass is 297 g/mol. The maximum atomic E-state index is 6.33. The Balaban J connectivity index is 2.29. The molecule has 0 fully saturated rings. The summed E-state index contributed by atoms with van der Waals surface area (Å²) in [6, 6.07) is 0.302. The maximum absolute atomic E-state index is 6.33. The molecule has 0 amide bonds. The van der Waals surface area contributed by atoms with Gasteiger partial charge in [-0.2, -0.15) is 16.4 Å². The molecular weight excluding hydrogens is 278 g/mol. The Bertz CT molecular complexity index is 559. The highest BCUT2D eigenvalue weighted by Gasteiger charge is 2.19. The zero-order chi connectivity index (χ0) is 14.0. The number of aryl methyl sites for hydroxylation is 3. The zero-order valence-electron chi connectivity index (χ0n) is 11.8. The predicted molar refractivity (Wildman–Crippen MR) is 82.1 cm³/mol. The van der Waals surface area contributed by atoms with E-state index in [4.69, 9.17) is 11.6 Å². The van der Waals surface area contributed by atoms with E-state index in [9.17, 15) is 0 Å². The first-order chi connectivity index (χ1) is 9.04. The fourth-order valence-electron chi connectivity index (χ4n) is 2.38. The standard InChI is InChI=1S/C14H20ClN3S/c1-5-16-13(12-8-19-7-9(12)2)6-11-10(3)17-18(4)14(11)15/h7-8,13,16H,5-6H2,1-4H3. The van der Waals surface area contributed by atoms with Gasteiger partial charge in [-0.1, -0.05) is 18.5 Å². The molecule has 2 rings (SSSR count). The van der Waals surface area contributed by atoms with Gasteiger partial charge in [0, 0.05) is 18.7 Å². The number of likely N-dealkylation sites (N-methyl/N-ethyl adjacent to an activating group) is 1. The van der Waals surface area contributed by atoms with Crippen molar-refractivity contribution in [2.75, 3.05) is 6.54 Å². The number of halogens is 1. The van der Waals surface area contributed by atoms with Gasteiger partial charge in [0.05, 0.1) is 5.69 Å². The summed E-state index contributed by atoms with van der Waals surface area (Å²) in [6.07, 6.45) is 0.879. The third-order valence-electron chi connectivity index (χ3n) is 3.40. The van der Waals surface area contributed by atoms with Crippen molar-refractivity contribution in [2.45, 2.75) is 33.2 Å². The molecular formula is C14H20ClN3S. The van der Waals surface area contributed by atoms with Crippen molar-refractivity contribution >= 4 is 22.9 Å². The van der Waals surface area contributed by atoms with Gasteiger partial charge in [-0.05, 0) is 48.7 Å². The Labute approximate surface area is 123 Å². The molecule has 0 saturated heterocycles. The summed E-state index contributed by atoms with van der Waals surface area (Å²) in [4.78, 5) is 0. The number of nitrogens with one attached hydrogen (secondary N) is 1. The Morgan fingerprint density at radius 2 is 2.16 bits per heavy atom. The molecule has 0 saturated carbocycles. The lowest BCUT2D eigenvalue weighted by Gasteiger charge is -2.18. The van der Waals surface area contributed by atoms with Gasteiger partial charge < -0.3 is 5.32 Å². The van der Waals surface area contributed by atoms with Crippen molar-refractivity contribution in [3.05, 3.63) is 38.3 Å². The van der Waals surface area contributed by atoms with E-state index in [1.54, 1.807) is 16.0 Å². The molecule has 3 nitrogen and oxygen atoms in total. The molecule has 19 heavy (non-hydrogen) atoms. The molecule has 1 atom stereocenters. The van der Waals surface area contributed by atoms with Gasteiger partial charge in [0.1, 0.15) is 5.15 Å². The lowest BCUT2D eigenvalue weighted by Crippen LogP contribution is -2.23. The van der Waals surface area contributed by atoms with Gasteiger partial charge in [0.2, 0.25) is 0 Å². The molecule has 2 aromatic rings. The van der Waals surface area contributed by atoms with Crippen LogP contribution in [0, 0.1) is 13.8 Å². The van der Waals surface area contributed by atoms with E-state index in [2.05, 4.69) is 35.0 Å². The van der Waals surface area contributed by atoms with E-state index in [0.29, 0.717) is 6.04 Å². The third-order valence-corrected chi connectivity index (χ3v) is 4.75. The third kappa shape index (κ3) is 3.02. The van der Waals surface area contributed by atoms with Gasteiger partial charge in [-0.15, -0.1) is 0 Å². The molecule has 0 bridgehead atoms. The number of hydrogen-bond donors (Lipinski definition) is 1. The van der Waals surface area contributed by atoms with Crippen LogP contribution in [-0.2, 0) is 13.5 Å². The van der Waals surface area contributed by atoms with Crippen LogP contribution < -0.4 is 5.32 Å². The highest BCUT2D eigenvalue weighted by Crippen LogP contribution is 2.28. The van der Waals surface area contributed by atoms with E-state index in [1.807, 2.05) is 14.0 Å². The van der Waals surface area contributed by atoms with Gasteiger partial charge in [-0.3, -0.25) is 4.68 Å². The van der Waals surface area contributed by atoms with Crippen LogP contribution in [0.1, 0.15) is 35.3 Å². The molecule has 0 aliphatic rings. The normalized spacial score (nSPS) is 12.9. The minimum absolute atomic E-state index is 0.302. The molecule has 1 N–H and O–H groups in total. The van der Waals surface area contributed by atoms with Crippen molar-refractivity contribution in [3.8, 4) is 0 Å². The Morgan fingerprint density at radius 1 is 1.42 bits per heavy atom. The van der Waals surface area contributed by atoms with Crippen molar-refractivity contribution in [1.29, 1.82) is 0 Å². The van der Waals surface area contributed by atoms with Crippen LogP contribution in [0.2, 0.25) is 5.15 Å². The molecule has 2 aromatic heterocycles. The van der Waals surface area contributed by atoms with Crippen LogP contribution in [0.5, 0.6) is 0 Å². The summed E-state index contributed by atoms with van der Waals surface area (Å²) in [6.45, 7) is 7.25. The van der Waals surface area contributed by atoms with Gasteiger partial charge in [0.25, 0.3) is 0 Å². The van der Waals surface area contributed by atoms with E-state index in [0.717, 1.165) is 29.4 Å². The molecule has 0 aromatic carbocycles. The Hall–Kier alpha value is -0.840. The van der Waals surface area contributed by atoms with Crippen LogP contribution in [-0.4, -0.2) is 16.3 Å². The van der Waals surface area contributed by atoms with E-state index in [1.165, 1.54) is 11.1 Å². The van der Waals surface area contributed by atoms with Crippen LogP contribution in [0.4, 0.5) is 0 Å². The van der Waals surface area contributed by atoms with Gasteiger partial charge in [0.15, 0.2) is 0 Å². The van der Waals surface area contributed by atoms with E-state index >= 15 is 0 Å². The van der Waals surface area contributed by atoms with Crippen molar-refractivity contribution < 1.29 is 0 Å². The van der Waals surface area contributed by atoms with E-state index in [-0.39, 0.29) is 0 Å². The Morgan fingerprint density at radius 3 is 2.63 bits per heavy atom. The first-order valence-electron chi connectivity index (χ1n) is 6.48. The van der Waals surface area contributed by atoms with Gasteiger partial charge in [-0.25, -0.2) is 0 Å². The molecule has 1 unspecified atom stereocenters. The molecule has 0 radical (unpaired) electrons. The smallest absolute Gasteiger partial charge is 0.130 e. The average Bonchev–Trinajstić information content (AvgIpc) is 2.88. The summed E-state index contributed by atoms with van der Waals surface area (Å²) in [5.74, 6) is 0. The first kappa shape index (κ1) is 14.6.